The standard InChI is InChI=1S/C19H25N5O3S/c1-14-18(5-3-11-21-14)24-28(26,27)17-8-6-16(7-9-17)23-19(25)22-13-15-4-2-10-20-12-15/h2,4,6-10,12,14,18,21,24H,3,5,11,13H2,1H3,(H2,22,23,25). The maximum Gasteiger partial charge on any atom is 0.319 e. The van der Waals surface area contributed by atoms with E-state index >= 15 is 0 Å². The van der Waals surface area contributed by atoms with E-state index in [1.807, 2.05) is 13.0 Å². The van der Waals surface area contributed by atoms with Crippen LogP contribution in [0.4, 0.5) is 10.5 Å². The summed E-state index contributed by atoms with van der Waals surface area (Å²) in [6.07, 6.45) is 5.09. The molecule has 1 aromatic heterocycles. The number of benzene rings is 1. The Morgan fingerprint density at radius 1 is 1.25 bits per heavy atom. The fraction of sp³-hybridized carbons (Fsp3) is 0.368. The Balaban J connectivity index is 1.55. The zero-order chi connectivity index (χ0) is 20.0. The highest BCUT2D eigenvalue weighted by Crippen LogP contribution is 2.17. The first-order chi connectivity index (χ1) is 13.4. The lowest BCUT2D eigenvalue weighted by molar-refractivity contribution is 0.251. The second-order valence-electron chi connectivity index (χ2n) is 6.81. The van der Waals surface area contributed by atoms with Crippen LogP contribution in [0.3, 0.4) is 0 Å². The highest BCUT2D eigenvalue weighted by atomic mass is 32.2. The van der Waals surface area contributed by atoms with Crippen LogP contribution in [0.25, 0.3) is 0 Å². The zero-order valence-electron chi connectivity index (χ0n) is 15.7. The molecule has 1 saturated heterocycles. The van der Waals surface area contributed by atoms with Crippen molar-refractivity contribution in [2.45, 2.75) is 43.3 Å². The van der Waals surface area contributed by atoms with E-state index in [-0.39, 0.29) is 23.0 Å². The SMILES string of the molecule is CC1NCCCC1NS(=O)(=O)c1ccc(NC(=O)NCc2cccnc2)cc1. The Hall–Kier alpha value is -2.49. The third kappa shape index (κ3) is 5.51. The third-order valence-electron chi connectivity index (χ3n) is 4.67. The minimum absolute atomic E-state index is 0.0907. The Bertz CT molecular complexity index is 888. The maximum atomic E-state index is 12.6. The van der Waals surface area contributed by atoms with Crippen LogP contribution in [0.5, 0.6) is 0 Å². The predicted octanol–water partition coefficient (Wildman–Crippen LogP) is 1.82. The van der Waals surface area contributed by atoms with Gasteiger partial charge in [-0.15, -0.1) is 0 Å². The molecule has 8 nitrogen and oxygen atoms in total. The molecule has 2 aromatic rings. The van der Waals surface area contributed by atoms with Gasteiger partial charge < -0.3 is 16.0 Å². The van der Waals surface area contributed by atoms with Crippen LogP contribution < -0.4 is 20.7 Å². The number of nitrogens with zero attached hydrogens (tertiary/aromatic N) is 1. The summed E-state index contributed by atoms with van der Waals surface area (Å²) in [5.74, 6) is 0. The molecule has 0 saturated carbocycles. The topological polar surface area (TPSA) is 112 Å². The van der Waals surface area contributed by atoms with Crippen molar-refractivity contribution in [2.24, 2.45) is 0 Å². The number of nitrogens with one attached hydrogen (secondary N) is 4. The number of carbonyl (C=O) groups is 1. The van der Waals surface area contributed by atoms with Gasteiger partial charge in [-0.1, -0.05) is 6.07 Å². The van der Waals surface area contributed by atoms with Crippen molar-refractivity contribution < 1.29 is 13.2 Å². The molecule has 3 rings (SSSR count). The van der Waals surface area contributed by atoms with Gasteiger partial charge >= 0.3 is 6.03 Å². The van der Waals surface area contributed by atoms with Crippen LogP contribution in [0.2, 0.25) is 0 Å². The van der Waals surface area contributed by atoms with Crippen LogP contribution in [-0.2, 0) is 16.6 Å². The van der Waals surface area contributed by atoms with E-state index in [0.717, 1.165) is 24.9 Å². The van der Waals surface area contributed by atoms with Gasteiger partial charge in [0.05, 0.1) is 4.90 Å². The summed E-state index contributed by atoms with van der Waals surface area (Å²) in [5.41, 5.74) is 1.40. The second-order valence-corrected chi connectivity index (χ2v) is 8.52. The Kier molecular flexibility index (Phi) is 6.61. The van der Waals surface area contributed by atoms with Gasteiger partial charge in [-0.05, 0) is 62.2 Å². The van der Waals surface area contributed by atoms with E-state index in [2.05, 4.69) is 25.7 Å². The smallest absolute Gasteiger partial charge is 0.319 e. The van der Waals surface area contributed by atoms with Crippen molar-refractivity contribution in [3.05, 3.63) is 54.4 Å². The molecule has 0 spiro atoms. The van der Waals surface area contributed by atoms with E-state index in [4.69, 9.17) is 0 Å². The molecule has 9 heteroatoms. The van der Waals surface area contributed by atoms with E-state index in [0.29, 0.717) is 12.2 Å². The summed E-state index contributed by atoms with van der Waals surface area (Å²) < 4.78 is 28.0. The molecular formula is C19H25N5O3S. The fourth-order valence-corrected chi connectivity index (χ4v) is 4.40. The van der Waals surface area contributed by atoms with Gasteiger partial charge in [0, 0.05) is 36.7 Å². The minimum atomic E-state index is -3.61. The van der Waals surface area contributed by atoms with Gasteiger partial charge in [-0.3, -0.25) is 4.98 Å². The summed E-state index contributed by atoms with van der Waals surface area (Å²) >= 11 is 0. The number of hydrogen-bond donors (Lipinski definition) is 4. The Morgan fingerprint density at radius 3 is 2.71 bits per heavy atom. The quantitative estimate of drug-likeness (QED) is 0.588. The number of hydrogen-bond acceptors (Lipinski definition) is 5. The van der Waals surface area contributed by atoms with Crippen molar-refractivity contribution >= 4 is 21.7 Å². The molecule has 0 aliphatic carbocycles. The first-order valence-corrected chi connectivity index (χ1v) is 10.7. The number of rotatable bonds is 6. The van der Waals surface area contributed by atoms with Crippen LogP contribution in [-0.4, -0.2) is 38.1 Å². The van der Waals surface area contributed by atoms with Gasteiger partial charge in [-0.2, -0.15) is 0 Å². The molecule has 1 fully saturated rings. The van der Waals surface area contributed by atoms with Crippen molar-refractivity contribution in [1.29, 1.82) is 0 Å². The Labute approximate surface area is 165 Å². The van der Waals surface area contributed by atoms with Gasteiger partial charge in [-0.25, -0.2) is 17.9 Å². The molecule has 0 bridgehead atoms. The number of pyridine rings is 1. The number of amides is 2. The van der Waals surface area contributed by atoms with Gasteiger partial charge in [0.25, 0.3) is 0 Å². The van der Waals surface area contributed by atoms with Gasteiger partial charge in [0.1, 0.15) is 0 Å². The zero-order valence-corrected chi connectivity index (χ0v) is 16.5. The summed E-state index contributed by atoms with van der Waals surface area (Å²) in [7, 11) is -3.61. The van der Waals surface area contributed by atoms with Crippen LogP contribution in [0, 0.1) is 0 Å². The van der Waals surface area contributed by atoms with E-state index < -0.39 is 10.0 Å². The molecule has 150 valence electrons. The van der Waals surface area contributed by atoms with Crippen LogP contribution >= 0.6 is 0 Å². The highest BCUT2D eigenvalue weighted by molar-refractivity contribution is 7.89. The molecule has 1 aliphatic rings. The molecule has 1 aromatic carbocycles. The molecule has 2 heterocycles. The van der Waals surface area contributed by atoms with Gasteiger partial charge in [0.2, 0.25) is 10.0 Å². The van der Waals surface area contributed by atoms with Crippen molar-refractivity contribution in [3.8, 4) is 0 Å². The van der Waals surface area contributed by atoms with E-state index in [1.54, 1.807) is 30.6 Å². The molecule has 0 radical (unpaired) electrons. The number of sulfonamides is 1. The van der Waals surface area contributed by atoms with Crippen LogP contribution in [0.15, 0.2) is 53.7 Å². The van der Waals surface area contributed by atoms with E-state index in [9.17, 15) is 13.2 Å². The summed E-state index contributed by atoms with van der Waals surface area (Å²) in [6.45, 7) is 3.23. The average Bonchev–Trinajstić information content (AvgIpc) is 2.69. The molecule has 4 N–H and O–H groups in total. The minimum Gasteiger partial charge on any atom is -0.334 e. The molecule has 2 atom stereocenters. The Morgan fingerprint density at radius 2 is 2.04 bits per heavy atom. The van der Waals surface area contributed by atoms with Crippen molar-refractivity contribution in [3.63, 3.8) is 0 Å². The largest absolute Gasteiger partial charge is 0.334 e. The van der Waals surface area contributed by atoms with Gasteiger partial charge in [0.15, 0.2) is 0 Å². The number of aromatic nitrogens is 1. The van der Waals surface area contributed by atoms with E-state index in [1.165, 1.54) is 12.1 Å². The van der Waals surface area contributed by atoms with Crippen molar-refractivity contribution in [1.82, 2.24) is 20.3 Å². The monoisotopic (exact) mass is 403 g/mol. The summed E-state index contributed by atoms with van der Waals surface area (Å²) in [4.78, 5) is 16.1. The molecule has 1 aliphatic heterocycles. The average molecular weight is 404 g/mol. The number of urea groups is 1. The number of piperidine rings is 1. The number of carbonyl (C=O) groups excluding carboxylic acids is 1. The second kappa shape index (κ2) is 9.13. The fourth-order valence-electron chi connectivity index (χ4n) is 3.05. The molecule has 2 amide bonds. The highest BCUT2D eigenvalue weighted by Gasteiger charge is 2.26. The summed E-state index contributed by atoms with van der Waals surface area (Å²) in [5, 5.41) is 8.68. The molecule has 28 heavy (non-hydrogen) atoms. The lowest BCUT2D eigenvalue weighted by Gasteiger charge is -2.30. The number of anilines is 1. The van der Waals surface area contributed by atoms with Crippen LogP contribution in [0.1, 0.15) is 25.3 Å². The first kappa shape index (κ1) is 20.2. The normalized spacial score (nSPS) is 19.8. The lowest BCUT2D eigenvalue weighted by atomic mass is 10.0. The first-order valence-electron chi connectivity index (χ1n) is 9.23. The molecular weight excluding hydrogens is 378 g/mol. The summed E-state index contributed by atoms with van der Waals surface area (Å²) in [6, 6.07) is 9.36. The maximum absolute atomic E-state index is 12.6. The lowest BCUT2D eigenvalue weighted by Crippen LogP contribution is -2.51. The third-order valence-corrected chi connectivity index (χ3v) is 6.17. The van der Waals surface area contributed by atoms with Crippen molar-refractivity contribution in [2.75, 3.05) is 11.9 Å². The predicted molar refractivity (Wildman–Crippen MR) is 107 cm³/mol. The molecule has 2 unspecified atom stereocenters.